The molecule has 0 saturated heterocycles. The standard InChI is InChI=1S/C20H26N2O6S/c1-15-6-5-7-17(12-15)28-11-10-21-20(23)14-22(29(4,24)25)18-13-16(26-2)8-9-19(18)27-3/h5-9,12-13H,10-11,14H2,1-4H3,(H,21,23). The number of rotatable bonds is 10. The molecule has 0 aliphatic carbocycles. The third kappa shape index (κ3) is 6.56. The van der Waals surface area contributed by atoms with Crippen molar-refractivity contribution in [1.82, 2.24) is 5.32 Å². The predicted octanol–water partition coefficient (Wildman–Crippen LogP) is 1.97. The molecule has 2 aromatic rings. The Hall–Kier alpha value is -2.94. The van der Waals surface area contributed by atoms with Crippen LogP contribution >= 0.6 is 0 Å². The van der Waals surface area contributed by atoms with Gasteiger partial charge < -0.3 is 19.5 Å². The van der Waals surface area contributed by atoms with E-state index in [0.29, 0.717) is 17.2 Å². The Morgan fingerprint density at radius 2 is 1.83 bits per heavy atom. The second kappa shape index (κ2) is 10.0. The van der Waals surface area contributed by atoms with Crippen LogP contribution in [0.2, 0.25) is 0 Å². The highest BCUT2D eigenvalue weighted by molar-refractivity contribution is 7.92. The van der Waals surface area contributed by atoms with Gasteiger partial charge in [0.2, 0.25) is 15.9 Å². The molecule has 29 heavy (non-hydrogen) atoms. The van der Waals surface area contributed by atoms with Crippen LogP contribution in [0, 0.1) is 6.92 Å². The molecule has 0 spiro atoms. The lowest BCUT2D eigenvalue weighted by Crippen LogP contribution is -2.41. The van der Waals surface area contributed by atoms with E-state index in [4.69, 9.17) is 14.2 Å². The number of nitrogens with one attached hydrogen (secondary N) is 1. The quantitative estimate of drug-likeness (QED) is 0.589. The first-order valence-electron chi connectivity index (χ1n) is 8.90. The maximum absolute atomic E-state index is 12.3. The Bertz CT molecular complexity index is 946. The molecule has 1 N–H and O–H groups in total. The summed E-state index contributed by atoms with van der Waals surface area (Å²) in [5, 5.41) is 2.66. The summed E-state index contributed by atoms with van der Waals surface area (Å²) in [6.45, 7) is 2.06. The maximum Gasteiger partial charge on any atom is 0.240 e. The van der Waals surface area contributed by atoms with Gasteiger partial charge in [-0.3, -0.25) is 9.10 Å². The smallest absolute Gasteiger partial charge is 0.240 e. The first-order valence-corrected chi connectivity index (χ1v) is 10.8. The fourth-order valence-corrected chi connectivity index (χ4v) is 3.48. The third-order valence-electron chi connectivity index (χ3n) is 4.02. The van der Waals surface area contributed by atoms with E-state index in [2.05, 4.69) is 5.32 Å². The maximum atomic E-state index is 12.3. The molecule has 0 saturated carbocycles. The molecular formula is C20H26N2O6S. The van der Waals surface area contributed by atoms with Crippen molar-refractivity contribution in [3.8, 4) is 17.2 Å². The summed E-state index contributed by atoms with van der Waals surface area (Å²) in [4.78, 5) is 12.3. The molecule has 8 nitrogen and oxygen atoms in total. The molecule has 0 unspecified atom stereocenters. The molecule has 158 valence electrons. The average molecular weight is 423 g/mol. The minimum Gasteiger partial charge on any atom is -0.497 e. The second-order valence-electron chi connectivity index (χ2n) is 6.32. The zero-order chi connectivity index (χ0) is 21.4. The molecular weight excluding hydrogens is 396 g/mol. The molecule has 0 atom stereocenters. The van der Waals surface area contributed by atoms with Crippen LogP contribution in [0.5, 0.6) is 17.2 Å². The van der Waals surface area contributed by atoms with Gasteiger partial charge in [-0.25, -0.2) is 8.42 Å². The van der Waals surface area contributed by atoms with Gasteiger partial charge in [-0.1, -0.05) is 12.1 Å². The summed E-state index contributed by atoms with van der Waals surface area (Å²) in [6.07, 6.45) is 1.03. The van der Waals surface area contributed by atoms with Crippen molar-refractivity contribution >= 4 is 21.6 Å². The van der Waals surface area contributed by atoms with Crippen molar-refractivity contribution in [2.24, 2.45) is 0 Å². The number of carbonyl (C=O) groups excluding carboxylic acids is 1. The summed E-state index contributed by atoms with van der Waals surface area (Å²) in [6, 6.07) is 12.3. The van der Waals surface area contributed by atoms with Gasteiger partial charge in [0.15, 0.2) is 0 Å². The lowest BCUT2D eigenvalue weighted by molar-refractivity contribution is -0.119. The van der Waals surface area contributed by atoms with Crippen molar-refractivity contribution in [2.45, 2.75) is 6.92 Å². The van der Waals surface area contributed by atoms with Crippen molar-refractivity contribution in [3.05, 3.63) is 48.0 Å². The number of hydrogen-bond donors (Lipinski definition) is 1. The van der Waals surface area contributed by atoms with Gasteiger partial charge in [-0.2, -0.15) is 0 Å². The SMILES string of the molecule is COc1ccc(OC)c(N(CC(=O)NCCOc2cccc(C)c2)S(C)(=O)=O)c1. The molecule has 9 heteroatoms. The number of anilines is 1. The van der Waals surface area contributed by atoms with Gasteiger partial charge in [0.1, 0.15) is 30.4 Å². The number of aryl methyl sites for hydroxylation is 1. The lowest BCUT2D eigenvalue weighted by Gasteiger charge is -2.24. The van der Waals surface area contributed by atoms with Crippen molar-refractivity contribution in [3.63, 3.8) is 0 Å². The summed E-state index contributed by atoms with van der Waals surface area (Å²) in [5.41, 5.74) is 1.29. The molecule has 0 bridgehead atoms. The van der Waals surface area contributed by atoms with Gasteiger partial charge in [-0.05, 0) is 36.8 Å². The summed E-state index contributed by atoms with van der Waals surface area (Å²) in [7, 11) is -0.849. The van der Waals surface area contributed by atoms with Crippen LogP contribution in [-0.2, 0) is 14.8 Å². The van der Waals surface area contributed by atoms with Gasteiger partial charge in [0.25, 0.3) is 0 Å². The van der Waals surface area contributed by atoms with E-state index in [0.717, 1.165) is 16.1 Å². The first kappa shape index (κ1) is 22.4. The molecule has 0 aromatic heterocycles. The molecule has 0 aliphatic heterocycles. The van der Waals surface area contributed by atoms with Crippen LogP contribution in [0.4, 0.5) is 5.69 Å². The molecule has 0 fully saturated rings. The molecule has 0 radical (unpaired) electrons. The molecule has 2 rings (SSSR count). The minimum atomic E-state index is -3.74. The van der Waals surface area contributed by atoms with E-state index in [1.165, 1.54) is 20.3 Å². The Labute approximate surface area is 171 Å². The lowest BCUT2D eigenvalue weighted by atomic mass is 10.2. The normalized spacial score (nSPS) is 10.9. The predicted molar refractivity (Wildman–Crippen MR) is 111 cm³/mol. The monoisotopic (exact) mass is 422 g/mol. The number of sulfonamides is 1. The Morgan fingerprint density at radius 1 is 1.07 bits per heavy atom. The largest absolute Gasteiger partial charge is 0.497 e. The fraction of sp³-hybridized carbons (Fsp3) is 0.350. The average Bonchev–Trinajstić information content (AvgIpc) is 2.68. The second-order valence-corrected chi connectivity index (χ2v) is 8.23. The number of hydrogen-bond acceptors (Lipinski definition) is 6. The van der Waals surface area contributed by atoms with Gasteiger partial charge in [0.05, 0.1) is 32.7 Å². The van der Waals surface area contributed by atoms with Crippen molar-refractivity contribution < 1.29 is 27.4 Å². The van der Waals surface area contributed by atoms with Crippen LogP contribution in [0.25, 0.3) is 0 Å². The minimum absolute atomic E-state index is 0.223. The van der Waals surface area contributed by atoms with Gasteiger partial charge in [-0.15, -0.1) is 0 Å². The van der Waals surface area contributed by atoms with Crippen LogP contribution in [-0.4, -0.2) is 54.5 Å². The van der Waals surface area contributed by atoms with E-state index >= 15 is 0 Å². The molecule has 2 aromatic carbocycles. The van der Waals surface area contributed by atoms with E-state index in [1.54, 1.807) is 12.1 Å². The van der Waals surface area contributed by atoms with E-state index in [-0.39, 0.29) is 18.8 Å². The fourth-order valence-electron chi connectivity index (χ4n) is 2.62. The van der Waals surface area contributed by atoms with Crippen LogP contribution in [0.1, 0.15) is 5.56 Å². The molecule has 1 amide bonds. The van der Waals surface area contributed by atoms with Crippen molar-refractivity contribution in [1.29, 1.82) is 0 Å². The van der Waals surface area contributed by atoms with E-state index < -0.39 is 22.5 Å². The third-order valence-corrected chi connectivity index (χ3v) is 5.15. The zero-order valence-electron chi connectivity index (χ0n) is 17.0. The van der Waals surface area contributed by atoms with Gasteiger partial charge >= 0.3 is 0 Å². The number of nitrogens with zero attached hydrogens (tertiary/aromatic N) is 1. The summed E-state index contributed by atoms with van der Waals surface area (Å²) >= 11 is 0. The number of methoxy groups -OCH3 is 2. The molecule has 0 heterocycles. The van der Waals surface area contributed by atoms with Crippen molar-refractivity contribution in [2.75, 3.05) is 44.5 Å². The van der Waals surface area contributed by atoms with E-state index in [9.17, 15) is 13.2 Å². The highest BCUT2D eigenvalue weighted by Gasteiger charge is 2.24. The Morgan fingerprint density at radius 3 is 2.45 bits per heavy atom. The van der Waals surface area contributed by atoms with Crippen LogP contribution in [0.3, 0.4) is 0 Å². The topological polar surface area (TPSA) is 94.2 Å². The first-order chi connectivity index (χ1) is 13.7. The zero-order valence-corrected chi connectivity index (χ0v) is 17.8. The summed E-state index contributed by atoms with van der Waals surface area (Å²) in [5.74, 6) is 1.000. The Balaban J connectivity index is 2.02. The Kier molecular flexibility index (Phi) is 7.72. The van der Waals surface area contributed by atoms with Gasteiger partial charge in [0, 0.05) is 6.07 Å². The molecule has 0 aliphatic rings. The number of amides is 1. The number of benzene rings is 2. The highest BCUT2D eigenvalue weighted by atomic mass is 32.2. The number of carbonyl (C=O) groups is 1. The van der Waals surface area contributed by atoms with Crippen LogP contribution in [0.15, 0.2) is 42.5 Å². The summed E-state index contributed by atoms with van der Waals surface area (Å²) < 4.78 is 41.6. The van der Waals surface area contributed by atoms with E-state index in [1.807, 2.05) is 31.2 Å². The highest BCUT2D eigenvalue weighted by Crippen LogP contribution is 2.33. The van der Waals surface area contributed by atoms with Crippen LogP contribution < -0.4 is 23.8 Å². The number of ether oxygens (including phenoxy) is 3.